The molecule has 0 radical (unpaired) electrons. The molecule has 0 bridgehead atoms. The minimum absolute atomic E-state index is 0.553. The Bertz CT molecular complexity index is 387. The molecule has 0 fully saturated rings. The van der Waals surface area contributed by atoms with Gasteiger partial charge in [0.25, 0.3) is 0 Å². The first-order valence-electron chi connectivity index (χ1n) is 4.62. The third-order valence-corrected chi connectivity index (χ3v) is 4.68. The maximum atomic E-state index is 10.1. The second-order valence-corrected chi connectivity index (χ2v) is 7.10. The van der Waals surface area contributed by atoms with E-state index in [1.165, 1.54) is 0 Å². The third-order valence-electron chi connectivity index (χ3n) is 2.29. The highest BCUT2D eigenvalue weighted by molar-refractivity contribution is 9.12. The zero-order valence-electron chi connectivity index (χ0n) is 7.87. The van der Waals surface area contributed by atoms with Gasteiger partial charge in [0, 0.05) is 5.56 Å². The lowest BCUT2D eigenvalue weighted by Gasteiger charge is -2.18. The molecule has 0 amide bonds. The van der Waals surface area contributed by atoms with Crippen molar-refractivity contribution >= 4 is 43.2 Å². The molecule has 82 valence electrons. The third kappa shape index (κ3) is 2.64. The van der Waals surface area contributed by atoms with Gasteiger partial charge in [-0.2, -0.15) is 0 Å². The summed E-state index contributed by atoms with van der Waals surface area (Å²) < 4.78 is 7.21. The van der Waals surface area contributed by atoms with Gasteiger partial charge in [-0.25, -0.2) is 0 Å². The summed E-state index contributed by atoms with van der Waals surface area (Å²) >= 11 is 8.41. The second kappa shape index (κ2) is 4.99. The van der Waals surface area contributed by atoms with E-state index in [4.69, 9.17) is 4.74 Å². The fourth-order valence-electron chi connectivity index (χ4n) is 1.52. The van der Waals surface area contributed by atoms with Crippen LogP contribution in [-0.4, -0.2) is 11.7 Å². The molecule has 5 heteroatoms. The van der Waals surface area contributed by atoms with Crippen LogP contribution >= 0.6 is 43.2 Å². The van der Waals surface area contributed by atoms with Gasteiger partial charge in [-0.05, 0) is 56.3 Å². The molecule has 0 saturated heterocycles. The minimum atomic E-state index is -0.553. The van der Waals surface area contributed by atoms with Crippen molar-refractivity contribution in [3.8, 4) is 0 Å². The summed E-state index contributed by atoms with van der Waals surface area (Å²) in [6.45, 7) is 0.755. The van der Waals surface area contributed by atoms with E-state index in [1.807, 2.05) is 6.07 Å². The molecule has 15 heavy (non-hydrogen) atoms. The number of hydrogen-bond donors (Lipinski definition) is 1. The summed E-state index contributed by atoms with van der Waals surface area (Å²) in [6, 6.07) is 1.94. The zero-order chi connectivity index (χ0) is 10.8. The Morgan fingerprint density at radius 1 is 1.47 bits per heavy atom. The first kappa shape index (κ1) is 11.6. The van der Waals surface area contributed by atoms with E-state index in [2.05, 4.69) is 31.9 Å². The predicted molar refractivity (Wildman–Crippen MR) is 67.9 cm³/mol. The summed E-state index contributed by atoms with van der Waals surface area (Å²) in [5.74, 6) is 0. The van der Waals surface area contributed by atoms with Gasteiger partial charge < -0.3 is 9.84 Å². The maximum absolute atomic E-state index is 10.1. The smallest absolute Gasteiger partial charge is 0.105 e. The van der Waals surface area contributed by atoms with E-state index in [1.54, 1.807) is 17.6 Å². The number of hydrogen-bond acceptors (Lipinski definition) is 3. The molecule has 1 unspecified atom stereocenters. The highest BCUT2D eigenvalue weighted by Gasteiger charge is 2.20. The number of aliphatic hydroxyl groups excluding tert-OH is 1. The molecule has 1 N–H and O–H groups in total. The molecule has 0 spiro atoms. The van der Waals surface area contributed by atoms with Gasteiger partial charge in [-0.1, -0.05) is 0 Å². The van der Waals surface area contributed by atoms with Crippen molar-refractivity contribution in [1.29, 1.82) is 0 Å². The second-order valence-electron chi connectivity index (χ2n) is 3.35. The summed E-state index contributed by atoms with van der Waals surface area (Å²) in [5, 5.41) is 10.1. The lowest BCUT2D eigenvalue weighted by Crippen LogP contribution is -2.07. The summed E-state index contributed by atoms with van der Waals surface area (Å²) in [5.41, 5.74) is 1.86. The summed E-state index contributed by atoms with van der Waals surface area (Å²) in [6.07, 6.45) is 3.02. The van der Waals surface area contributed by atoms with E-state index in [0.717, 1.165) is 38.2 Å². The normalized spacial score (nSPS) is 18.2. The van der Waals surface area contributed by atoms with Gasteiger partial charge in [0.05, 0.1) is 20.4 Å². The van der Waals surface area contributed by atoms with Gasteiger partial charge in [0.15, 0.2) is 0 Å². The highest BCUT2D eigenvalue weighted by Crippen LogP contribution is 2.39. The van der Waals surface area contributed by atoms with Crippen LogP contribution in [-0.2, 0) is 4.74 Å². The number of ether oxygens (including phenoxy) is 1. The lowest BCUT2D eigenvalue weighted by molar-refractivity contribution is 0.170. The van der Waals surface area contributed by atoms with Crippen molar-refractivity contribution in [3.63, 3.8) is 0 Å². The molecular formula is C10H10Br2O2S. The number of thiophene rings is 1. The van der Waals surface area contributed by atoms with Gasteiger partial charge in [-0.3, -0.25) is 0 Å². The van der Waals surface area contributed by atoms with Gasteiger partial charge in [-0.15, -0.1) is 11.3 Å². The fraction of sp³-hybridized carbons (Fsp3) is 0.400. The molecule has 1 aliphatic heterocycles. The number of rotatable bonds is 2. The summed E-state index contributed by atoms with van der Waals surface area (Å²) in [4.78, 5) is 0. The Kier molecular flexibility index (Phi) is 3.88. The average molecular weight is 354 g/mol. The van der Waals surface area contributed by atoms with Crippen LogP contribution in [0.1, 0.15) is 24.5 Å². The lowest BCUT2D eigenvalue weighted by atomic mass is 10.0. The molecule has 2 nitrogen and oxygen atoms in total. The van der Waals surface area contributed by atoms with Crippen LogP contribution in [0.15, 0.2) is 25.5 Å². The molecule has 1 atom stereocenters. The van der Waals surface area contributed by atoms with Crippen LogP contribution in [0.4, 0.5) is 0 Å². The first-order valence-corrected chi connectivity index (χ1v) is 7.02. The van der Waals surface area contributed by atoms with Crippen molar-refractivity contribution in [2.24, 2.45) is 0 Å². The van der Waals surface area contributed by atoms with Crippen LogP contribution in [0.5, 0.6) is 0 Å². The Morgan fingerprint density at radius 3 is 2.80 bits per heavy atom. The van der Waals surface area contributed by atoms with Crippen molar-refractivity contribution in [2.75, 3.05) is 6.61 Å². The van der Waals surface area contributed by atoms with Gasteiger partial charge in [0.1, 0.15) is 6.10 Å². The van der Waals surface area contributed by atoms with Gasteiger partial charge >= 0.3 is 0 Å². The molecule has 0 saturated carbocycles. The van der Waals surface area contributed by atoms with Crippen LogP contribution in [0.25, 0.3) is 0 Å². The van der Waals surface area contributed by atoms with Crippen molar-refractivity contribution in [2.45, 2.75) is 18.9 Å². The zero-order valence-corrected chi connectivity index (χ0v) is 11.9. The Balaban J connectivity index is 2.23. The molecule has 1 aromatic heterocycles. The van der Waals surface area contributed by atoms with Gasteiger partial charge in [0.2, 0.25) is 0 Å². The fourth-order valence-corrected chi connectivity index (χ4v) is 4.41. The van der Waals surface area contributed by atoms with Crippen LogP contribution in [0, 0.1) is 0 Å². The Hall–Kier alpha value is 0.160. The Morgan fingerprint density at radius 2 is 2.27 bits per heavy atom. The van der Waals surface area contributed by atoms with Crippen LogP contribution in [0.3, 0.4) is 0 Å². The van der Waals surface area contributed by atoms with Crippen LogP contribution < -0.4 is 0 Å². The number of halogens is 2. The molecule has 2 heterocycles. The quantitative estimate of drug-likeness (QED) is 0.870. The monoisotopic (exact) mass is 352 g/mol. The topological polar surface area (TPSA) is 29.5 Å². The molecule has 1 aromatic rings. The first-order chi connectivity index (χ1) is 7.18. The average Bonchev–Trinajstić information content (AvgIpc) is 2.58. The largest absolute Gasteiger partial charge is 0.501 e. The Labute approximate surface area is 109 Å². The van der Waals surface area contributed by atoms with E-state index in [-0.39, 0.29) is 0 Å². The molecule has 0 aromatic carbocycles. The van der Waals surface area contributed by atoms with E-state index in [0.29, 0.717) is 0 Å². The van der Waals surface area contributed by atoms with E-state index >= 15 is 0 Å². The highest BCUT2D eigenvalue weighted by atomic mass is 79.9. The van der Waals surface area contributed by atoms with Crippen molar-refractivity contribution in [3.05, 3.63) is 31.0 Å². The SMILES string of the molecule is OC(C1=COCCC1)c1cc(Br)sc1Br. The molecule has 0 aliphatic carbocycles. The van der Waals surface area contributed by atoms with E-state index < -0.39 is 6.10 Å². The van der Waals surface area contributed by atoms with E-state index in [9.17, 15) is 5.11 Å². The maximum Gasteiger partial charge on any atom is 0.105 e. The number of aliphatic hydroxyl groups is 1. The molecule has 1 aliphatic rings. The standard InChI is InChI=1S/C10H10Br2O2S/c11-8-4-7(10(12)15-8)9(13)6-2-1-3-14-5-6/h4-5,9,13H,1-3H2. The minimum Gasteiger partial charge on any atom is -0.501 e. The van der Waals surface area contributed by atoms with Crippen molar-refractivity contribution < 1.29 is 9.84 Å². The molecular weight excluding hydrogens is 344 g/mol. The molecule has 2 rings (SSSR count). The van der Waals surface area contributed by atoms with Crippen molar-refractivity contribution in [1.82, 2.24) is 0 Å². The van der Waals surface area contributed by atoms with Crippen LogP contribution in [0.2, 0.25) is 0 Å². The predicted octanol–water partition coefficient (Wildman–Crippen LogP) is 4.00. The summed E-state index contributed by atoms with van der Waals surface area (Å²) in [7, 11) is 0.